The number of hydrogen-bond acceptors (Lipinski definition) is 1. The minimum Gasteiger partial charge on any atom is -0.307 e. The molecule has 0 aliphatic heterocycles. The highest BCUT2D eigenvalue weighted by molar-refractivity contribution is 5.58. The molecule has 102 valence electrons. The van der Waals surface area contributed by atoms with Crippen molar-refractivity contribution < 1.29 is 0 Å². The first-order valence-electron chi connectivity index (χ1n) is 7.85. The van der Waals surface area contributed by atoms with Crippen molar-refractivity contribution in [3.05, 3.63) is 41.0 Å². The Morgan fingerprint density at radius 2 is 1.79 bits per heavy atom. The molecule has 0 spiro atoms. The van der Waals surface area contributed by atoms with Gasteiger partial charge < -0.3 is 5.32 Å². The summed E-state index contributed by atoms with van der Waals surface area (Å²) < 4.78 is 0. The fourth-order valence-electron chi connectivity index (χ4n) is 3.55. The Balaban J connectivity index is 1.79. The molecule has 0 amide bonds. The molecule has 0 saturated heterocycles. The van der Waals surface area contributed by atoms with Gasteiger partial charge in [-0.25, -0.2) is 0 Å². The van der Waals surface area contributed by atoms with Crippen molar-refractivity contribution in [1.29, 1.82) is 0 Å². The van der Waals surface area contributed by atoms with Gasteiger partial charge in [0.05, 0.1) is 0 Å². The van der Waals surface area contributed by atoms with Gasteiger partial charge in [-0.2, -0.15) is 0 Å². The Morgan fingerprint density at radius 3 is 2.63 bits per heavy atom. The quantitative estimate of drug-likeness (QED) is 0.796. The molecular formula is C18H25N. The van der Waals surface area contributed by atoms with Gasteiger partial charge in [0.15, 0.2) is 0 Å². The summed E-state index contributed by atoms with van der Waals surface area (Å²) in [6, 6.07) is 10.2. The van der Waals surface area contributed by atoms with Crippen molar-refractivity contribution >= 4 is 6.08 Å². The van der Waals surface area contributed by atoms with Gasteiger partial charge in [-0.1, -0.05) is 55.2 Å². The maximum atomic E-state index is 3.94. The van der Waals surface area contributed by atoms with Crippen molar-refractivity contribution in [3.63, 3.8) is 0 Å². The van der Waals surface area contributed by atoms with E-state index in [2.05, 4.69) is 42.6 Å². The Hall–Kier alpha value is -1.08. The minimum atomic E-state index is 0.549. The van der Waals surface area contributed by atoms with Crippen LogP contribution in [0.4, 0.5) is 0 Å². The van der Waals surface area contributed by atoms with Crippen molar-refractivity contribution in [1.82, 2.24) is 5.32 Å². The zero-order chi connectivity index (χ0) is 13.1. The topological polar surface area (TPSA) is 12.0 Å². The van der Waals surface area contributed by atoms with Crippen molar-refractivity contribution in [2.75, 3.05) is 0 Å². The molecule has 1 aromatic rings. The highest BCUT2D eigenvalue weighted by atomic mass is 15.0. The van der Waals surface area contributed by atoms with Gasteiger partial charge in [0.2, 0.25) is 0 Å². The maximum absolute atomic E-state index is 3.94. The molecule has 1 unspecified atom stereocenters. The van der Waals surface area contributed by atoms with Gasteiger partial charge in [-0.3, -0.25) is 0 Å². The molecule has 0 heterocycles. The van der Waals surface area contributed by atoms with Gasteiger partial charge in [-0.05, 0) is 43.7 Å². The third kappa shape index (κ3) is 3.09. The highest BCUT2D eigenvalue weighted by Crippen LogP contribution is 2.31. The van der Waals surface area contributed by atoms with Crippen LogP contribution >= 0.6 is 0 Å². The SMILES string of the molecule is CC1=Cc2ccccc2C(NC2CCCCC2)CC1. The molecule has 19 heavy (non-hydrogen) atoms. The maximum Gasteiger partial charge on any atom is 0.0331 e. The minimum absolute atomic E-state index is 0.549. The molecule has 1 fully saturated rings. The molecule has 2 aliphatic rings. The molecule has 1 N–H and O–H groups in total. The first-order valence-corrected chi connectivity index (χ1v) is 7.85. The monoisotopic (exact) mass is 255 g/mol. The second-order valence-corrected chi connectivity index (χ2v) is 6.21. The van der Waals surface area contributed by atoms with Crippen LogP contribution in [0.25, 0.3) is 6.08 Å². The lowest BCUT2D eigenvalue weighted by Crippen LogP contribution is -2.34. The molecule has 1 aromatic carbocycles. The van der Waals surface area contributed by atoms with Crippen molar-refractivity contribution in [3.8, 4) is 0 Å². The zero-order valence-electron chi connectivity index (χ0n) is 12.0. The van der Waals surface area contributed by atoms with Crippen LogP contribution in [-0.2, 0) is 0 Å². The molecule has 0 aromatic heterocycles. The van der Waals surface area contributed by atoms with Gasteiger partial charge in [0.1, 0.15) is 0 Å². The smallest absolute Gasteiger partial charge is 0.0331 e. The molecule has 1 nitrogen and oxygen atoms in total. The van der Waals surface area contributed by atoms with Crippen LogP contribution in [-0.4, -0.2) is 6.04 Å². The van der Waals surface area contributed by atoms with E-state index in [1.54, 1.807) is 0 Å². The van der Waals surface area contributed by atoms with Crippen LogP contribution in [0.3, 0.4) is 0 Å². The number of allylic oxidation sites excluding steroid dienone is 1. The van der Waals surface area contributed by atoms with E-state index >= 15 is 0 Å². The number of rotatable bonds is 2. The summed E-state index contributed by atoms with van der Waals surface area (Å²) >= 11 is 0. The summed E-state index contributed by atoms with van der Waals surface area (Å²) in [5.41, 5.74) is 4.44. The third-order valence-electron chi connectivity index (χ3n) is 4.64. The van der Waals surface area contributed by atoms with E-state index in [4.69, 9.17) is 0 Å². The number of hydrogen-bond donors (Lipinski definition) is 1. The van der Waals surface area contributed by atoms with E-state index in [1.807, 2.05) is 0 Å². The Bertz CT molecular complexity index is 455. The van der Waals surface area contributed by atoms with E-state index in [0.29, 0.717) is 6.04 Å². The standard InChI is InChI=1S/C18H25N/c1-14-11-12-18(19-16-8-3-2-4-9-16)17-10-6-5-7-15(17)13-14/h5-7,10,13,16,18-19H,2-4,8-9,11-12H2,1H3. The predicted molar refractivity (Wildman–Crippen MR) is 82.1 cm³/mol. The van der Waals surface area contributed by atoms with Crippen LogP contribution in [0, 0.1) is 0 Å². The van der Waals surface area contributed by atoms with E-state index in [9.17, 15) is 0 Å². The van der Waals surface area contributed by atoms with E-state index < -0.39 is 0 Å². The van der Waals surface area contributed by atoms with Crippen LogP contribution in [0.15, 0.2) is 29.8 Å². The Kier molecular flexibility index (Phi) is 4.03. The summed E-state index contributed by atoms with van der Waals surface area (Å²) in [5.74, 6) is 0. The predicted octanol–water partition coefficient (Wildman–Crippen LogP) is 4.85. The Labute approximate surface area is 117 Å². The fraction of sp³-hybridized carbons (Fsp3) is 0.556. The van der Waals surface area contributed by atoms with Crippen molar-refractivity contribution in [2.45, 2.75) is 64.0 Å². The molecule has 1 atom stereocenters. The van der Waals surface area contributed by atoms with Gasteiger partial charge >= 0.3 is 0 Å². The van der Waals surface area contributed by atoms with E-state index in [0.717, 1.165) is 6.04 Å². The Morgan fingerprint density at radius 1 is 1.00 bits per heavy atom. The van der Waals surface area contributed by atoms with Crippen LogP contribution in [0.1, 0.15) is 69.0 Å². The average molecular weight is 255 g/mol. The van der Waals surface area contributed by atoms with Crippen LogP contribution in [0.5, 0.6) is 0 Å². The summed E-state index contributed by atoms with van der Waals surface area (Å²) in [5, 5.41) is 3.94. The summed E-state index contributed by atoms with van der Waals surface area (Å²) in [7, 11) is 0. The number of benzene rings is 1. The lowest BCUT2D eigenvalue weighted by Gasteiger charge is -2.29. The molecule has 0 bridgehead atoms. The average Bonchev–Trinajstić information content (AvgIpc) is 2.60. The fourth-order valence-corrected chi connectivity index (χ4v) is 3.55. The van der Waals surface area contributed by atoms with Crippen LogP contribution in [0.2, 0.25) is 0 Å². The van der Waals surface area contributed by atoms with Crippen LogP contribution < -0.4 is 5.32 Å². The largest absolute Gasteiger partial charge is 0.307 e. The van der Waals surface area contributed by atoms with E-state index in [1.165, 1.54) is 61.6 Å². The summed E-state index contributed by atoms with van der Waals surface area (Å²) in [6.45, 7) is 2.26. The van der Waals surface area contributed by atoms with Gasteiger partial charge in [-0.15, -0.1) is 0 Å². The lowest BCUT2D eigenvalue weighted by molar-refractivity contribution is 0.330. The molecule has 3 rings (SSSR count). The summed E-state index contributed by atoms with van der Waals surface area (Å²) in [4.78, 5) is 0. The summed E-state index contributed by atoms with van der Waals surface area (Å²) in [6.07, 6.45) is 11.8. The second kappa shape index (κ2) is 5.92. The first kappa shape index (κ1) is 12.9. The molecular weight excluding hydrogens is 230 g/mol. The first-order chi connectivity index (χ1) is 9.33. The highest BCUT2D eigenvalue weighted by Gasteiger charge is 2.21. The second-order valence-electron chi connectivity index (χ2n) is 6.21. The zero-order valence-corrected chi connectivity index (χ0v) is 12.0. The number of nitrogens with one attached hydrogen (secondary N) is 1. The van der Waals surface area contributed by atoms with Crippen molar-refractivity contribution in [2.24, 2.45) is 0 Å². The molecule has 2 aliphatic carbocycles. The van der Waals surface area contributed by atoms with E-state index in [-0.39, 0.29) is 0 Å². The normalized spacial score (nSPS) is 24.5. The molecule has 1 heteroatoms. The van der Waals surface area contributed by atoms with Gasteiger partial charge in [0.25, 0.3) is 0 Å². The number of fused-ring (bicyclic) bond motifs is 1. The molecule has 0 radical (unpaired) electrons. The van der Waals surface area contributed by atoms with Gasteiger partial charge in [0, 0.05) is 12.1 Å². The molecule has 1 saturated carbocycles. The lowest BCUT2D eigenvalue weighted by atomic mass is 9.92. The third-order valence-corrected chi connectivity index (χ3v) is 4.64.